The predicted octanol–water partition coefficient (Wildman–Crippen LogP) is 1.78. The minimum absolute atomic E-state index is 0.0959. The minimum atomic E-state index is -0.789. The molecule has 108 valence electrons. The lowest BCUT2D eigenvalue weighted by Gasteiger charge is -2.23. The van der Waals surface area contributed by atoms with Gasteiger partial charge in [0.15, 0.2) is 0 Å². The van der Waals surface area contributed by atoms with Crippen molar-refractivity contribution >= 4 is 11.9 Å². The number of hydrogen-bond donors (Lipinski definition) is 2. The molecule has 1 heterocycles. The van der Waals surface area contributed by atoms with E-state index in [1.807, 2.05) is 12.1 Å². The molecule has 1 aliphatic rings. The van der Waals surface area contributed by atoms with Crippen molar-refractivity contribution in [1.29, 1.82) is 0 Å². The quantitative estimate of drug-likeness (QED) is 0.830. The molecule has 1 aromatic rings. The third-order valence-corrected chi connectivity index (χ3v) is 4.00. The van der Waals surface area contributed by atoms with Crippen LogP contribution >= 0.6 is 0 Å². The zero-order chi connectivity index (χ0) is 14.4. The van der Waals surface area contributed by atoms with Gasteiger partial charge < -0.3 is 10.4 Å². The smallest absolute Gasteiger partial charge is 0.311 e. The molecule has 20 heavy (non-hydrogen) atoms. The van der Waals surface area contributed by atoms with Gasteiger partial charge in [-0.05, 0) is 30.9 Å². The Morgan fingerprint density at radius 3 is 2.70 bits per heavy atom. The molecule has 0 unspecified atom stereocenters. The van der Waals surface area contributed by atoms with Crippen LogP contribution < -0.4 is 5.32 Å². The Morgan fingerprint density at radius 2 is 2.10 bits per heavy atom. The fourth-order valence-corrected chi connectivity index (χ4v) is 2.68. The summed E-state index contributed by atoms with van der Waals surface area (Å²) in [5.41, 5.74) is 0.265. The Hall–Kier alpha value is -1.91. The topological polar surface area (TPSA) is 79.3 Å². The molecule has 2 N–H and O–H groups in total. The average molecular weight is 276 g/mol. The molecule has 0 aromatic carbocycles. The van der Waals surface area contributed by atoms with Crippen molar-refractivity contribution in [2.45, 2.75) is 38.5 Å². The average Bonchev–Trinajstić information content (AvgIpc) is 2.94. The number of aromatic nitrogens is 1. The number of pyridine rings is 1. The van der Waals surface area contributed by atoms with E-state index in [9.17, 15) is 14.7 Å². The van der Waals surface area contributed by atoms with Gasteiger partial charge in [-0.1, -0.05) is 18.9 Å². The van der Waals surface area contributed by atoms with Gasteiger partial charge in [0.25, 0.3) is 0 Å². The summed E-state index contributed by atoms with van der Waals surface area (Å²) in [4.78, 5) is 27.2. The number of amides is 1. The predicted molar refractivity (Wildman–Crippen MR) is 74.1 cm³/mol. The molecular weight excluding hydrogens is 256 g/mol. The molecule has 1 saturated carbocycles. The lowest BCUT2D eigenvalue weighted by molar-refractivity contribution is -0.148. The summed E-state index contributed by atoms with van der Waals surface area (Å²) < 4.78 is 0. The van der Waals surface area contributed by atoms with Crippen LogP contribution in [0.4, 0.5) is 0 Å². The van der Waals surface area contributed by atoms with Crippen molar-refractivity contribution in [3.05, 3.63) is 30.1 Å². The fraction of sp³-hybridized carbons (Fsp3) is 0.533. The minimum Gasteiger partial charge on any atom is -0.481 e. The van der Waals surface area contributed by atoms with Crippen LogP contribution in [-0.4, -0.2) is 28.5 Å². The third-order valence-electron chi connectivity index (χ3n) is 4.00. The van der Waals surface area contributed by atoms with E-state index >= 15 is 0 Å². The first-order valence-corrected chi connectivity index (χ1v) is 7.01. The first kappa shape index (κ1) is 14.5. The van der Waals surface area contributed by atoms with Crippen molar-refractivity contribution in [1.82, 2.24) is 10.3 Å². The van der Waals surface area contributed by atoms with Crippen LogP contribution in [0.15, 0.2) is 24.5 Å². The zero-order valence-electron chi connectivity index (χ0n) is 11.5. The summed E-state index contributed by atoms with van der Waals surface area (Å²) in [6, 6.07) is 3.77. The van der Waals surface area contributed by atoms with Crippen LogP contribution in [0.5, 0.6) is 0 Å². The summed E-state index contributed by atoms with van der Waals surface area (Å²) >= 11 is 0. The van der Waals surface area contributed by atoms with Gasteiger partial charge >= 0.3 is 5.97 Å². The SMILES string of the molecule is O=C(CCc1cccnc1)NCC1(C(=O)O)CCCC1. The molecule has 0 radical (unpaired) electrons. The third kappa shape index (κ3) is 3.56. The summed E-state index contributed by atoms with van der Waals surface area (Å²) in [5, 5.41) is 12.1. The molecule has 1 amide bonds. The molecule has 0 bridgehead atoms. The van der Waals surface area contributed by atoms with Crippen LogP contribution in [0, 0.1) is 5.41 Å². The Labute approximate surface area is 118 Å². The summed E-state index contributed by atoms with van der Waals surface area (Å²) in [6.07, 6.45) is 7.59. The lowest BCUT2D eigenvalue weighted by Crippen LogP contribution is -2.41. The largest absolute Gasteiger partial charge is 0.481 e. The Kier molecular flexibility index (Phi) is 4.71. The maximum Gasteiger partial charge on any atom is 0.311 e. The van der Waals surface area contributed by atoms with Gasteiger partial charge in [0.05, 0.1) is 5.41 Å². The number of carbonyl (C=O) groups excluding carboxylic acids is 1. The monoisotopic (exact) mass is 276 g/mol. The summed E-state index contributed by atoms with van der Waals surface area (Å²) in [6.45, 7) is 0.244. The lowest BCUT2D eigenvalue weighted by atomic mass is 9.86. The van der Waals surface area contributed by atoms with Crippen LogP contribution in [0.1, 0.15) is 37.7 Å². The van der Waals surface area contributed by atoms with Gasteiger partial charge in [0.1, 0.15) is 0 Å². The van der Waals surface area contributed by atoms with Gasteiger partial charge in [0, 0.05) is 25.4 Å². The molecule has 2 rings (SSSR count). The molecule has 1 aliphatic carbocycles. The van der Waals surface area contributed by atoms with Gasteiger partial charge in [-0.3, -0.25) is 14.6 Å². The van der Waals surface area contributed by atoms with Gasteiger partial charge in [-0.15, -0.1) is 0 Å². The second-order valence-corrected chi connectivity index (χ2v) is 5.43. The molecule has 0 spiro atoms. The van der Waals surface area contributed by atoms with E-state index < -0.39 is 11.4 Å². The normalized spacial score (nSPS) is 16.8. The second-order valence-electron chi connectivity index (χ2n) is 5.43. The summed E-state index contributed by atoms with van der Waals surface area (Å²) in [7, 11) is 0. The standard InChI is InChI=1S/C15H20N2O3/c18-13(6-5-12-4-3-9-16-10-12)17-11-15(14(19)20)7-1-2-8-15/h3-4,9-10H,1-2,5-8,11H2,(H,17,18)(H,19,20). The maximum atomic E-state index is 11.8. The van der Waals surface area contributed by atoms with Crippen LogP contribution in [0.25, 0.3) is 0 Å². The van der Waals surface area contributed by atoms with E-state index in [2.05, 4.69) is 10.3 Å². The molecule has 5 heteroatoms. The highest BCUT2D eigenvalue weighted by Crippen LogP contribution is 2.37. The maximum absolute atomic E-state index is 11.8. The second kappa shape index (κ2) is 6.50. The first-order chi connectivity index (χ1) is 9.62. The van der Waals surface area contributed by atoms with E-state index in [4.69, 9.17) is 0 Å². The highest BCUT2D eigenvalue weighted by Gasteiger charge is 2.41. The van der Waals surface area contributed by atoms with Crippen molar-refractivity contribution in [2.24, 2.45) is 5.41 Å². The number of carboxylic acids is 1. The number of nitrogens with zero attached hydrogens (tertiary/aromatic N) is 1. The van der Waals surface area contributed by atoms with E-state index in [0.717, 1.165) is 18.4 Å². The van der Waals surface area contributed by atoms with Crippen molar-refractivity contribution in [3.8, 4) is 0 Å². The number of rotatable bonds is 6. The number of carbonyl (C=O) groups is 2. The van der Waals surface area contributed by atoms with Crippen molar-refractivity contribution in [3.63, 3.8) is 0 Å². The number of hydrogen-bond acceptors (Lipinski definition) is 3. The van der Waals surface area contributed by atoms with Gasteiger partial charge in [-0.2, -0.15) is 0 Å². The van der Waals surface area contributed by atoms with Gasteiger partial charge in [0.2, 0.25) is 5.91 Å². The Bertz CT molecular complexity index is 467. The molecular formula is C15H20N2O3. The molecule has 0 saturated heterocycles. The van der Waals surface area contributed by atoms with E-state index in [1.165, 1.54) is 0 Å². The Morgan fingerprint density at radius 1 is 1.35 bits per heavy atom. The molecule has 1 aromatic heterocycles. The van der Waals surface area contributed by atoms with Crippen LogP contribution in [-0.2, 0) is 16.0 Å². The number of nitrogens with one attached hydrogen (secondary N) is 1. The van der Waals surface area contributed by atoms with E-state index in [-0.39, 0.29) is 12.5 Å². The van der Waals surface area contributed by atoms with Crippen molar-refractivity contribution in [2.75, 3.05) is 6.54 Å². The highest BCUT2D eigenvalue weighted by molar-refractivity contribution is 5.79. The highest BCUT2D eigenvalue weighted by atomic mass is 16.4. The fourth-order valence-electron chi connectivity index (χ4n) is 2.68. The van der Waals surface area contributed by atoms with Gasteiger partial charge in [-0.25, -0.2) is 0 Å². The number of aliphatic carboxylic acids is 1. The van der Waals surface area contributed by atoms with Crippen molar-refractivity contribution < 1.29 is 14.7 Å². The Balaban J connectivity index is 1.78. The molecule has 0 aliphatic heterocycles. The number of aryl methyl sites for hydroxylation is 1. The molecule has 1 fully saturated rings. The van der Waals surface area contributed by atoms with Crippen LogP contribution in [0.2, 0.25) is 0 Å². The van der Waals surface area contributed by atoms with E-state index in [0.29, 0.717) is 25.7 Å². The van der Waals surface area contributed by atoms with E-state index in [1.54, 1.807) is 12.4 Å². The zero-order valence-corrected chi connectivity index (χ0v) is 11.5. The van der Waals surface area contributed by atoms with Crippen LogP contribution in [0.3, 0.4) is 0 Å². The first-order valence-electron chi connectivity index (χ1n) is 7.01. The number of carboxylic acid groups (broad SMARTS) is 1. The molecule has 5 nitrogen and oxygen atoms in total. The molecule has 0 atom stereocenters. The summed E-state index contributed by atoms with van der Waals surface area (Å²) in [5.74, 6) is -0.885.